The van der Waals surface area contributed by atoms with Gasteiger partial charge in [0.2, 0.25) is 0 Å². The Morgan fingerprint density at radius 1 is 1.24 bits per heavy atom. The van der Waals surface area contributed by atoms with Crippen LogP contribution in [0.25, 0.3) is 0 Å². The van der Waals surface area contributed by atoms with E-state index in [0.29, 0.717) is 19.6 Å². The van der Waals surface area contributed by atoms with Crippen LogP contribution in [0.1, 0.15) is 31.2 Å². The van der Waals surface area contributed by atoms with Gasteiger partial charge in [0.15, 0.2) is 0 Å². The lowest BCUT2D eigenvalue weighted by atomic mass is 10.1. The van der Waals surface area contributed by atoms with Crippen molar-refractivity contribution < 1.29 is 9.84 Å². The molecular formula is C15H22O2. The summed E-state index contributed by atoms with van der Waals surface area (Å²) in [6, 6.07) is 10.1. The minimum atomic E-state index is -0.245. The van der Waals surface area contributed by atoms with E-state index in [1.165, 1.54) is 5.56 Å². The van der Waals surface area contributed by atoms with Gasteiger partial charge in [0.05, 0.1) is 12.7 Å². The molecule has 0 saturated heterocycles. The Kier molecular flexibility index (Phi) is 7.35. The van der Waals surface area contributed by atoms with E-state index in [4.69, 9.17) is 4.74 Å². The molecule has 2 heteroatoms. The van der Waals surface area contributed by atoms with Gasteiger partial charge in [-0.25, -0.2) is 0 Å². The molecule has 17 heavy (non-hydrogen) atoms. The maximum absolute atomic E-state index is 9.66. The normalized spacial score (nSPS) is 12.3. The van der Waals surface area contributed by atoms with Crippen molar-refractivity contribution in [3.05, 3.63) is 48.6 Å². The lowest BCUT2D eigenvalue weighted by molar-refractivity contribution is 0.0694. The average molecular weight is 234 g/mol. The second-order valence-corrected chi connectivity index (χ2v) is 4.20. The molecule has 0 amide bonds. The maximum Gasteiger partial charge on any atom is 0.0716 e. The van der Waals surface area contributed by atoms with Gasteiger partial charge in [0.1, 0.15) is 0 Å². The molecule has 0 aliphatic heterocycles. The lowest BCUT2D eigenvalue weighted by Crippen LogP contribution is -2.10. The number of unbranched alkanes of at least 4 members (excludes halogenated alkanes) is 1. The summed E-state index contributed by atoms with van der Waals surface area (Å²) in [7, 11) is 0. The first-order chi connectivity index (χ1) is 8.33. The van der Waals surface area contributed by atoms with E-state index < -0.39 is 0 Å². The highest BCUT2D eigenvalue weighted by atomic mass is 16.5. The number of allylic oxidation sites excluding steroid dienone is 1. The topological polar surface area (TPSA) is 29.5 Å². The Morgan fingerprint density at radius 2 is 2.00 bits per heavy atom. The van der Waals surface area contributed by atoms with E-state index >= 15 is 0 Å². The Bertz CT molecular complexity index is 295. The molecule has 1 N–H and O–H groups in total. The van der Waals surface area contributed by atoms with Crippen molar-refractivity contribution in [1.29, 1.82) is 0 Å². The van der Waals surface area contributed by atoms with E-state index in [1.54, 1.807) is 0 Å². The predicted octanol–water partition coefficient (Wildman–Crippen LogP) is 3.31. The van der Waals surface area contributed by atoms with Crippen molar-refractivity contribution in [2.75, 3.05) is 6.61 Å². The first-order valence-electron chi connectivity index (χ1n) is 6.23. The van der Waals surface area contributed by atoms with Crippen molar-refractivity contribution in [2.24, 2.45) is 0 Å². The molecule has 0 spiro atoms. The molecule has 1 rings (SSSR count). The van der Waals surface area contributed by atoms with Crippen LogP contribution in [-0.4, -0.2) is 17.8 Å². The van der Waals surface area contributed by atoms with Crippen molar-refractivity contribution in [3.63, 3.8) is 0 Å². The molecule has 0 unspecified atom stereocenters. The molecule has 0 bridgehead atoms. The summed E-state index contributed by atoms with van der Waals surface area (Å²) in [5.41, 5.74) is 1.17. The van der Waals surface area contributed by atoms with Gasteiger partial charge in [-0.05, 0) is 31.2 Å². The fraction of sp³-hybridized carbons (Fsp3) is 0.467. The fourth-order valence-corrected chi connectivity index (χ4v) is 1.63. The van der Waals surface area contributed by atoms with Crippen LogP contribution in [0.3, 0.4) is 0 Å². The lowest BCUT2D eigenvalue weighted by Gasteiger charge is -2.10. The van der Waals surface area contributed by atoms with Crippen LogP contribution in [0.5, 0.6) is 0 Å². The summed E-state index contributed by atoms with van der Waals surface area (Å²) < 4.78 is 5.52. The van der Waals surface area contributed by atoms with Crippen LogP contribution in [0, 0.1) is 0 Å². The Balaban J connectivity index is 2.02. The highest BCUT2D eigenvalue weighted by Crippen LogP contribution is 2.06. The van der Waals surface area contributed by atoms with Crippen molar-refractivity contribution >= 4 is 0 Å². The molecule has 0 aliphatic rings. The molecule has 1 aromatic rings. The average Bonchev–Trinajstić information content (AvgIpc) is 2.36. The molecule has 0 aliphatic carbocycles. The molecule has 0 aromatic heterocycles. The smallest absolute Gasteiger partial charge is 0.0716 e. The van der Waals surface area contributed by atoms with Gasteiger partial charge in [-0.1, -0.05) is 36.4 Å². The highest BCUT2D eigenvalue weighted by molar-refractivity contribution is 5.13. The summed E-state index contributed by atoms with van der Waals surface area (Å²) >= 11 is 0. The first kappa shape index (κ1) is 13.9. The standard InChI is InChI=1S/C15H22O2/c1-2-3-5-10-15(16)11-12-17-13-14-8-6-4-7-9-14/h2,4,6-9,15-16H,1,3,5,10-13H2/t15-/m1/s1. The molecule has 0 radical (unpaired) electrons. The highest BCUT2D eigenvalue weighted by Gasteiger charge is 2.03. The number of ether oxygens (including phenoxy) is 1. The van der Waals surface area contributed by atoms with Gasteiger partial charge in [0.25, 0.3) is 0 Å². The van der Waals surface area contributed by atoms with Gasteiger partial charge in [-0.2, -0.15) is 0 Å². The third-order valence-electron chi connectivity index (χ3n) is 2.65. The Hall–Kier alpha value is -1.12. The fourth-order valence-electron chi connectivity index (χ4n) is 1.63. The van der Waals surface area contributed by atoms with E-state index in [0.717, 1.165) is 19.3 Å². The van der Waals surface area contributed by atoms with Crippen molar-refractivity contribution in [1.82, 2.24) is 0 Å². The molecular weight excluding hydrogens is 212 g/mol. The molecule has 2 nitrogen and oxygen atoms in total. The van der Waals surface area contributed by atoms with E-state index in [-0.39, 0.29) is 6.10 Å². The van der Waals surface area contributed by atoms with Crippen molar-refractivity contribution in [2.45, 2.75) is 38.4 Å². The summed E-state index contributed by atoms with van der Waals surface area (Å²) in [6.07, 6.45) is 5.17. The van der Waals surface area contributed by atoms with Crippen LogP contribution in [0.4, 0.5) is 0 Å². The quantitative estimate of drug-likeness (QED) is 0.524. The maximum atomic E-state index is 9.66. The van der Waals surface area contributed by atoms with E-state index in [1.807, 2.05) is 36.4 Å². The Morgan fingerprint density at radius 3 is 2.71 bits per heavy atom. The van der Waals surface area contributed by atoms with Gasteiger partial charge in [-0.3, -0.25) is 0 Å². The summed E-state index contributed by atoms with van der Waals surface area (Å²) in [4.78, 5) is 0. The third kappa shape index (κ3) is 6.93. The predicted molar refractivity (Wildman–Crippen MR) is 70.8 cm³/mol. The summed E-state index contributed by atoms with van der Waals surface area (Å²) in [6.45, 7) is 4.90. The number of rotatable bonds is 9. The SMILES string of the molecule is C=CCCC[C@@H](O)CCOCc1ccccc1. The molecule has 0 heterocycles. The van der Waals surface area contributed by atoms with Gasteiger partial charge >= 0.3 is 0 Å². The molecule has 94 valence electrons. The van der Waals surface area contributed by atoms with Crippen LogP contribution >= 0.6 is 0 Å². The molecule has 1 atom stereocenters. The minimum absolute atomic E-state index is 0.245. The zero-order chi connectivity index (χ0) is 12.3. The minimum Gasteiger partial charge on any atom is -0.393 e. The van der Waals surface area contributed by atoms with E-state index in [9.17, 15) is 5.11 Å². The van der Waals surface area contributed by atoms with Gasteiger partial charge in [-0.15, -0.1) is 6.58 Å². The molecule has 0 fully saturated rings. The van der Waals surface area contributed by atoms with Crippen LogP contribution in [-0.2, 0) is 11.3 Å². The number of hydrogen-bond acceptors (Lipinski definition) is 2. The zero-order valence-corrected chi connectivity index (χ0v) is 10.3. The molecule has 1 aromatic carbocycles. The van der Waals surface area contributed by atoms with Crippen LogP contribution in [0.2, 0.25) is 0 Å². The summed E-state index contributed by atoms with van der Waals surface area (Å²) in [5.74, 6) is 0. The second kappa shape index (κ2) is 8.97. The number of aliphatic hydroxyl groups excluding tert-OH is 1. The number of hydrogen-bond donors (Lipinski definition) is 1. The van der Waals surface area contributed by atoms with E-state index in [2.05, 4.69) is 6.58 Å². The Labute approximate surface area is 104 Å². The van der Waals surface area contributed by atoms with Gasteiger partial charge in [0, 0.05) is 6.61 Å². The number of aliphatic hydroxyl groups is 1. The van der Waals surface area contributed by atoms with Crippen LogP contribution in [0.15, 0.2) is 43.0 Å². The number of benzene rings is 1. The largest absolute Gasteiger partial charge is 0.393 e. The first-order valence-corrected chi connectivity index (χ1v) is 6.23. The summed E-state index contributed by atoms with van der Waals surface area (Å²) in [5, 5.41) is 9.66. The monoisotopic (exact) mass is 234 g/mol. The van der Waals surface area contributed by atoms with Gasteiger partial charge < -0.3 is 9.84 Å². The van der Waals surface area contributed by atoms with Crippen LogP contribution < -0.4 is 0 Å². The second-order valence-electron chi connectivity index (χ2n) is 4.20. The third-order valence-corrected chi connectivity index (χ3v) is 2.65. The molecule has 0 saturated carbocycles. The van der Waals surface area contributed by atoms with Crippen molar-refractivity contribution in [3.8, 4) is 0 Å². The zero-order valence-electron chi connectivity index (χ0n) is 10.3.